The molecule has 4 aromatic rings. The van der Waals surface area contributed by atoms with Crippen LogP contribution in [0.15, 0.2) is 55.1 Å². The van der Waals surface area contributed by atoms with E-state index >= 15 is 0 Å². The van der Waals surface area contributed by atoms with E-state index in [1.54, 1.807) is 25.6 Å². The fourth-order valence-electron chi connectivity index (χ4n) is 3.14. The maximum absolute atomic E-state index is 13.5. The highest BCUT2D eigenvalue weighted by atomic mass is 35.5. The van der Waals surface area contributed by atoms with Gasteiger partial charge in [0.1, 0.15) is 17.1 Å². The van der Waals surface area contributed by atoms with E-state index in [1.807, 2.05) is 23.8 Å². The molecule has 0 amide bonds. The molecule has 32 heavy (non-hydrogen) atoms. The highest BCUT2D eigenvalue weighted by Crippen LogP contribution is 2.32. The molecular formula is C22H17ClFN5O3. The van der Waals surface area contributed by atoms with Gasteiger partial charge in [-0.1, -0.05) is 11.6 Å². The van der Waals surface area contributed by atoms with Gasteiger partial charge >= 0.3 is 5.97 Å². The number of nitrogens with zero attached hydrogens (tertiary/aromatic N) is 4. The molecule has 2 N–H and O–H groups in total. The van der Waals surface area contributed by atoms with E-state index in [4.69, 9.17) is 16.3 Å². The van der Waals surface area contributed by atoms with E-state index in [9.17, 15) is 14.3 Å². The number of aromatic carboxylic acids is 1. The largest absolute Gasteiger partial charge is 0.494 e. The topological polar surface area (TPSA) is 102 Å². The van der Waals surface area contributed by atoms with Gasteiger partial charge in [0, 0.05) is 29.7 Å². The molecular weight excluding hydrogens is 437 g/mol. The van der Waals surface area contributed by atoms with E-state index < -0.39 is 11.8 Å². The minimum atomic E-state index is -1.23. The summed E-state index contributed by atoms with van der Waals surface area (Å²) in [6.07, 6.45) is 4.73. The first-order valence-corrected chi connectivity index (χ1v) is 9.75. The van der Waals surface area contributed by atoms with Crippen LogP contribution in [0.1, 0.15) is 16.1 Å². The molecule has 8 nitrogen and oxygen atoms in total. The van der Waals surface area contributed by atoms with Gasteiger partial charge in [-0.15, -0.1) is 0 Å². The lowest BCUT2D eigenvalue weighted by Gasteiger charge is -2.13. The van der Waals surface area contributed by atoms with Gasteiger partial charge in [-0.3, -0.25) is 0 Å². The van der Waals surface area contributed by atoms with Crippen molar-refractivity contribution in [2.75, 3.05) is 12.4 Å². The molecule has 0 aliphatic rings. The first-order chi connectivity index (χ1) is 15.4. The van der Waals surface area contributed by atoms with Crippen molar-refractivity contribution in [1.82, 2.24) is 19.5 Å². The zero-order valence-corrected chi connectivity index (χ0v) is 17.8. The Morgan fingerprint density at radius 3 is 2.69 bits per heavy atom. The zero-order chi connectivity index (χ0) is 22.8. The lowest BCUT2D eigenvalue weighted by molar-refractivity contribution is 0.0697. The average molecular weight is 454 g/mol. The number of carbonyl (C=O) groups is 1. The molecule has 0 aliphatic carbocycles. The van der Waals surface area contributed by atoms with Crippen LogP contribution in [0, 0.1) is 12.7 Å². The highest BCUT2D eigenvalue weighted by Gasteiger charge is 2.18. The van der Waals surface area contributed by atoms with Crippen molar-refractivity contribution in [2.45, 2.75) is 6.92 Å². The minimum Gasteiger partial charge on any atom is -0.494 e. The van der Waals surface area contributed by atoms with E-state index in [1.165, 1.54) is 18.3 Å². The molecule has 0 bridgehead atoms. The molecule has 10 heteroatoms. The van der Waals surface area contributed by atoms with Gasteiger partial charge in [-0.2, -0.15) is 0 Å². The van der Waals surface area contributed by atoms with Crippen molar-refractivity contribution in [3.63, 3.8) is 0 Å². The fraction of sp³-hybridized carbons (Fsp3) is 0.0909. The summed E-state index contributed by atoms with van der Waals surface area (Å²) >= 11 is 6.13. The van der Waals surface area contributed by atoms with Gasteiger partial charge in [0.15, 0.2) is 0 Å². The number of halogens is 2. The van der Waals surface area contributed by atoms with Crippen molar-refractivity contribution in [3.05, 3.63) is 77.2 Å². The van der Waals surface area contributed by atoms with Crippen LogP contribution >= 0.6 is 11.6 Å². The highest BCUT2D eigenvalue weighted by molar-refractivity contribution is 6.33. The summed E-state index contributed by atoms with van der Waals surface area (Å²) in [4.78, 5) is 24.3. The van der Waals surface area contributed by atoms with Gasteiger partial charge in [0.05, 0.1) is 35.5 Å². The second-order valence-electron chi connectivity index (χ2n) is 6.82. The monoisotopic (exact) mass is 453 g/mol. The first kappa shape index (κ1) is 21.3. The molecule has 0 unspecified atom stereocenters. The van der Waals surface area contributed by atoms with E-state index in [-0.39, 0.29) is 27.8 Å². The molecule has 0 spiro atoms. The Morgan fingerprint density at radius 1 is 1.22 bits per heavy atom. The summed E-state index contributed by atoms with van der Waals surface area (Å²) in [6, 6.07) is 9.05. The molecule has 2 aromatic heterocycles. The van der Waals surface area contributed by atoms with Crippen LogP contribution in [0.25, 0.3) is 16.9 Å². The van der Waals surface area contributed by atoms with Crippen LogP contribution in [-0.2, 0) is 0 Å². The summed E-state index contributed by atoms with van der Waals surface area (Å²) in [5, 5.41) is 12.6. The molecule has 2 aromatic carbocycles. The molecule has 0 saturated heterocycles. The van der Waals surface area contributed by atoms with Gasteiger partial charge in [-0.25, -0.2) is 24.1 Å². The quantitative estimate of drug-likeness (QED) is 0.429. The maximum Gasteiger partial charge on any atom is 0.339 e. The molecule has 0 atom stereocenters. The SMILES string of the molecule is COc1cc(Nc2ncc(C(=O)O)c(-c3ccc(F)cc3Cl)n2)ccc1-n1cnc(C)c1. The maximum atomic E-state index is 13.5. The number of aryl methyl sites for hydroxylation is 1. The van der Waals surface area contributed by atoms with Crippen LogP contribution < -0.4 is 10.1 Å². The summed E-state index contributed by atoms with van der Waals surface area (Å²) in [5.41, 5.74) is 2.46. The number of imidazole rings is 1. The number of aromatic nitrogens is 4. The van der Waals surface area contributed by atoms with Gasteiger partial charge in [0.25, 0.3) is 0 Å². The van der Waals surface area contributed by atoms with E-state index in [0.29, 0.717) is 11.4 Å². The Bertz CT molecular complexity index is 1320. The first-order valence-electron chi connectivity index (χ1n) is 9.37. The fourth-order valence-corrected chi connectivity index (χ4v) is 3.39. The number of benzene rings is 2. The molecule has 0 saturated carbocycles. The molecule has 0 radical (unpaired) electrons. The van der Waals surface area contributed by atoms with Gasteiger partial charge in [0.2, 0.25) is 5.95 Å². The lowest BCUT2D eigenvalue weighted by Crippen LogP contribution is -2.07. The van der Waals surface area contributed by atoms with Crippen LogP contribution in [-0.4, -0.2) is 37.7 Å². The summed E-state index contributed by atoms with van der Waals surface area (Å²) in [7, 11) is 1.55. The number of ether oxygens (including phenoxy) is 1. The molecule has 0 aliphatic heterocycles. The number of hydrogen-bond acceptors (Lipinski definition) is 6. The predicted molar refractivity (Wildman–Crippen MR) is 118 cm³/mol. The third-order valence-corrected chi connectivity index (χ3v) is 4.94. The normalized spacial score (nSPS) is 10.8. The van der Waals surface area contributed by atoms with Crippen molar-refractivity contribution in [1.29, 1.82) is 0 Å². The number of nitrogens with one attached hydrogen (secondary N) is 1. The van der Waals surface area contributed by atoms with Crippen LogP contribution in [0.5, 0.6) is 5.75 Å². The Hall–Kier alpha value is -3.98. The van der Waals surface area contributed by atoms with E-state index in [2.05, 4.69) is 20.3 Å². The van der Waals surface area contributed by atoms with Crippen LogP contribution in [0.3, 0.4) is 0 Å². The number of carboxylic acids is 1. The molecule has 162 valence electrons. The molecule has 2 heterocycles. The third-order valence-electron chi connectivity index (χ3n) is 4.63. The average Bonchev–Trinajstić information content (AvgIpc) is 3.19. The standard InChI is InChI=1S/C22H17ClFN5O3/c1-12-10-29(11-26-12)18-6-4-14(8-19(18)32-2)27-22-25-9-16(21(30)31)20(28-22)15-5-3-13(24)7-17(15)23/h3-11H,1-2H3,(H,30,31)(H,25,27,28). The Labute approximate surface area is 187 Å². The van der Waals surface area contributed by atoms with Crippen molar-refractivity contribution >= 4 is 29.2 Å². The second-order valence-corrected chi connectivity index (χ2v) is 7.23. The van der Waals surface area contributed by atoms with E-state index in [0.717, 1.165) is 17.4 Å². The molecule has 0 fully saturated rings. The predicted octanol–water partition coefficient (Wildman–Crippen LogP) is 4.88. The smallest absolute Gasteiger partial charge is 0.339 e. The van der Waals surface area contributed by atoms with Crippen molar-refractivity contribution in [2.24, 2.45) is 0 Å². The third kappa shape index (κ3) is 4.23. The number of carboxylic acid groups (broad SMARTS) is 1. The minimum absolute atomic E-state index is 0.0406. The summed E-state index contributed by atoms with van der Waals surface area (Å²) in [6.45, 7) is 1.89. The summed E-state index contributed by atoms with van der Waals surface area (Å²) in [5.74, 6) is -1.05. The van der Waals surface area contributed by atoms with Crippen LogP contribution in [0.4, 0.5) is 16.0 Å². The zero-order valence-electron chi connectivity index (χ0n) is 17.0. The number of hydrogen-bond donors (Lipinski definition) is 2. The second kappa shape index (κ2) is 8.64. The Balaban J connectivity index is 1.71. The lowest BCUT2D eigenvalue weighted by atomic mass is 10.1. The van der Waals surface area contributed by atoms with Crippen molar-refractivity contribution < 1.29 is 19.0 Å². The number of anilines is 2. The van der Waals surface area contributed by atoms with Crippen LogP contribution in [0.2, 0.25) is 5.02 Å². The molecule has 4 rings (SSSR count). The number of methoxy groups -OCH3 is 1. The van der Waals surface area contributed by atoms with Crippen molar-refractivity contribution in [3.8, 4) is 22.7 Å². The Morgan fingerprint density at radius 2 is 2.03 bits per heavy atom. The van der Waals surface area contributed by atoms with Gasteiger partial charge in [-0.05, 0) is 37.3 Å². The van der Waals surface area contributed by atoms with Gasteiger partial charge < -0.3 is 19.7 Å². The summed E-state index contributed by atoms with van der Waals surface area (Å²) < 4.78 is 20.8. The Kier molecular flexibility index (Phi) is 5.74. The number of rotatable bonds is 6.